The highest BCUT2D eigenvalue weighted by atomic mass is 32.2. The van der Waals surface area contributed by atoms with Gasteiger partial charge in [0, 0.05) is 26.2 Å². The van der Waals surface area contributed by atoms with Crippen LogP contribution in [0.2, 0.25) is 0 Å². The number of carbonyl (C=O) groups excluding carboxylic acids is 2. The molecule has 0 heterocycles. The van der Waals surface area contributed by atoms with Gasteiger partial charge in [-0.1, -0.05) is 24.3 Å². The second kappa shape index (κ2) is 8.99. The van der Waals surface area contributed by atoms with Crippen LogP contribution in [-0.2, 0) is 21.4 Å². The minimum absolute atomic E-state index is 0.0432. The molecule has 2 amide bonds. The van der Waals surface area contributed by atoms with Crippen molar-refractivity contribution in [2.45, 2.75) is 25.3 Å². The molecule has 2 aromatic rings. The molecular weight excluding hydrogens is 378 g/mol. The maximum Gasteiger partial charge on any atom is 0.251 e. The summed E-state index contributed by atoms with van der Waals surface area (Å²) in [6.45, 7) is 3.72. The molecule has 8 heteroatoms. The number of benzene rings is 2. The van der Waals surface area contributed by atoms with Crippen LogP contribution in [0.1, 0.15) is 27.0 Å². The molecule has 0 bridgehead atoms. The summed E-state index contributed by atoms with van der Waals surface area (Å²) >= 11 is 0. The number of amides is 2. The molecule has 0 saturated heterocycles. The van der Waals surface area contributed by atoms with Gasteiger partial charge in [0.2, 0.25) is 15.9 Å². The van der Waals surface area contributed by atoms with Crippen LogP contribution in [0.5, 0.6) is 0 Å². The monoisotopic (exact) mass is 403 g/mol. The number of hydrogen-bond acceptors (Lipinski definition) is 4. The molecule has 0 radical (unpaired) electrons. The van der Waals surface area contributed by atoms with E-state index in [0.29, 0.717) is 11.1 Å². The highest BCUT2D eigenvalue weighted by Crippen LogP contribution is 2.18. The summed E-state index contributed by atoms with van der Waals surface area (Å²) in [5.41, 5.74) is 3.04. The van der Waals surface area contributed by atoms with Crippen molar-refractivity contribution in [1.82, 2.24) is 14.9 Å². The fourth-order valence-corrected chi connectivity index (χ4v) is 3.62. The summed E-state index contributed by atoms with van der Waals surface area (Å²) in [7, 11) is -0.710. The van der Waals surface area contributed by atoms with E-state index in [2.05, 4.69) is 10.6 Å². The molecular formula is C20H25N3O4S. The van der Waals surface area contributed by atoms with E-state index in [0.717, 1.165) is 15.4 Å². The molecule has 2 rings (SSSR count). The van der Waals surface area contributed by atoms with E-state index in [1.54, 1.807) is 30.3 Å². The van der Waals surface area contributed by atoms with E-state index >= 15 is 0 Å². The van der Waals surface area contributed by atoms with Gasteiger partial charge in [0.25, 0.3) is 5.91 Å². The van der Waals surface area contributed by atoms with Crippen LogP contribution in [0.4, 0.5) is 0 Å². The summed E-state index contributed by atoms with van der Waals surface area (Å²) in [4.78, 5) is 24.4. The number of sulfonamides is 1. The molecule has 0 atom stereocenters. The van der Waals surface area contributed by atoms with Gasteiger partial charge < -0.3 is 10.6 Å². The predicted octanol–water partition coefficient (Wildman–Crippen LogP) is 1.60. The molecule has 2 aromatic carbocycles. The number of rotatable bonds is 7. The molecule has 28 heavy (non-hydrogen) atoms. The average Bonchev–Trinajstić information content (AvgIpc) is 2.66. The van der Waals surface area contributed by atoms with Crippen LogP contribution in [0.15, 0.2) is 47.4 Å². The van der Waals surface area contributed by atoms with Crippen LogP contribution < -0.4 is 10.6 Å². The highest BCUT2D eigenvalue weighted by Gasteiger charge is 2.20. The van der Waals surface area contributed by atoms with E-state index in [9.17, 15) is 18.0 Å². The van der Waals surface area contributed by atoms with Crippen molar-refractivity contribution in [1.29, 1.82) is 0 Å². The summed E-state index contributed by atoms with van der Waals surface area (Å²) in [6, 6.07) is 11.8. The van der Waals surface area contributed by atoms with Gasteiger partial charge in [-0.25, -0.2) is 12.7 Å². The first-order chi connectivity index (χ1) is 13.1. The smallest absolute Gasteiger partial charge is 0.251 e. The third kappa shape index (κ3) is 5.17. The number of carbonyl (C=O) groups is 2. The van der Waals surface area contributed by atoms with Gasteiger partial charge in [-0.15, -0.1) is 0 Å². The van der Waals surface area contributed by atoms with Crippen molar-refractivity contribution in [3.05, 3.63) is 64.7 Å². The van der Waals surface area contributed by atoms with Gasteiger partial charge in [-0.3, -0.25) is 9.59 Å². The van der Waals surface area contributed by atoms with Crippen molar-refractivity contribution in [3.63, 3.8) is 0 Å². The zero-order valence-electron chi connectivity index (χ0n) is 16.4. The van der Waals surface area contributed by atoms with Gasteiger partial charge in [0.1, 0.15) is 0 Å². The number of nitrogens with zero attached hydrogens (tertiary/aromatic N) is 1. The van der Waals surface area contributed by atoms with E-state index in [1.165, 1.54) is 20.2 Å². The zero-order chi connectivity index (χ0) is 20.9. The largest absolute Gasteiger partial charge is 0.350 e. The average molecular weight is 404 g/mol. The topological polar surface area (TPSA) is 95.6 Å². The molecule has 0 aliphatic heterocycles. The first kappa shape index (κ1) is 21.6. The van der Waals surface area contributed by atoms with Gasteiger partial charge in [0.05, 0.1) is 11.4 Å². The summed E-state index contributed by atoms with van der Waals surface area (Å²) in [5, 5.41) is 5.21. The van der Waals surface area contributed by atoms with E-state index < -0.39 is 15.9 Å². The van der Waals surface area contributed by atoms with Crippen LogP contribution in [0.3, 0.4) is 0 Å². The van der Waals surface area contributed by atoms with Crippen LogP contribution in [0, 0.1) is 13.8 Å². The Kier molecular flexibility index (Phi) is 6.93. The third-order valence-corrected chi connectivity index (χ3v) is 6.30. The fraction of sp³-hybridized carbons (Fsp3) is 0.300. The Hall–Kier alpha value is -2.71. The van der Waals surface area contributed by atoms with Gasteiger partial charge in [0.15, 0.2) is 0 Å². The minimum Gasteiger partial charge on any atom is -0.350 e. The standard InChI is InChI=1S/C20H25N3O4S/c1-14-9-10-16(11-15(14)2)20(25)22-13-19(24)21-12-17-7-5-6-8-18(17)28(26,27)23(3)4/h5-11H,12-13H2,1-4H3,(H,21,24)(H,22,25). The Morgan fingerprint density at radius 2 is 1.64 bits per heavy atom. The SMILES string of the molecule is Cc1ccc(C(=O)NCC(=O)NCc2ccccc2S(=O)(=O)N(C)C)cc1C. The number of hydrogen-bond donors (Lipinski definition) is 2. The second-order valence-corrected chi connectivity index (χ2v) is 8.77. The molecule has 0 fully saturated rings. The second-order valence-electron chi connectivity index (χ2n) is 6.65. The van der Waals surface area contributed by atoms with Crippen molar-refractivity contribution >= 4 is 21.8 Å². The molecule has 0 aromatic heterocycles. The fourth-order valence-electron chi connectivity index (χ4n) is 2.50. The molecule has 0 spiro atoms. The maximum atomic E-state index is 12.4. The Morgan fingerprint density at radius 1 is 0.964 bits per heavy atom. The van der Waals surface area contributed by atoms with Crippen molar-refractivity contribution in [2.75, 3.05) is 20.6 Å². The maximum absolute atomic E-state index is 12.4. The van der Waals surface area contributed by atoms with Gasteiger partial charge >= 0.3 is 0 Å². The van der Waals surface area contributed by atoms with Crippen molar-refractivity contribution < 1.29 is 18.0 Å². The van der Waals surface area contributed by atoms with Crippen molar-refractivity contribution in [3.8, 4) is 0 Å². The lowest BCUT2D eigenvalue weighted by Crippen LogP contribution is -2.37. The number of nitrogens with one attached hydrogen (secondary N) is 2. The lowest BCUT2D eigenvalue weighted by Gasteiger charge is -2.15. The van der Waals surface area contributed by atoms with E-state index in [4.69, 9.17) is 0 Å². The van der Waals surface area contributed by atoms with Crippen LogP contribution >= 0.6 is 0 Å². The Morgan fingerprint density at radius 3 is 2.29 bits per heavy atom. The first-order valence-corrected chi connectivity index (χ1v) is 10.2. The van der Waals surface area contributed by atoms with Gasteiger partial charge in [-0.05, 0) is 48.7 Å². The summed E-state index contributed by atoms with van der Waals surface area (Å²) in [5.74, 6) is -0.747. The minimum atomic E-state index is -3.61. The molecule has 150 valence electrons. The van der Waals surface area contributed by atoms with Crippen LogP contribution in [-0.4, -0.2) is 45.2 Å². The molecule has 0 aliphatic rings. The quantitative estimate of drug-likeness (QED) is 0.734. The number of aryl methyl sites for hydroxylation is 2. The Labute approximate surface area is 165 Å². The van der Waals surface area contributed by atoms with E-state index in [-0.39, 0.29) is 23.9 Å². The molecule has 0 saturated carbocycles. The first-order valence-electron chi connectivity index (χ1n) is 8.75. The van der Waals surface area contributed by atoms with Crippen LogP contribution in [0.25, 0.3) is 0 Å². The zero-order valence-corrected chi connectivity index (χ0v) is 17.3. The van der Waals surface area contributed by atoms with Crippen molar-refractivity contribution in [2.24, 2.45) is 0 Å². The molecule has 0 unspecified atom stereocenters. The lowest BCUT2D eigenvalue weighted by atomic mass is 10.1. The molecule has 0 aliphatic carbocycles. The third-order valence-electron chi connectivity index (χ3n) is 4.39. The van der Waals surface area contributed by atoms with E-state index in [1.807, 2.05) is 19.9 Å². The summed E-state index contributed by atoms with van der Waals surface area (Å²) in [6.07, 6.45) is 0. The Balaban J connectivity index is 1.96. The lowest BCUT2D eigenvalue weighted by molar-refractivity contribution is -0.120. The Bertz CT molecular complexity index is 985. The van der Waals surface area contributed by atoms with Gasteiger partial charge in [-0.2, -0.15) is 0 Å². The summed E-state index contributed by atoms with van der Waals surface area (Å²) < 4.78 is 25.9. The normalized spacial score (nSPS) is 11.3. The molecule has 7 nitrogen and oxygen atoms in total. The molecule has 2 N–H and O–H groups in total. The predicted molar refractivity (Wildman–Crippen MR) is 107 cm³/mol. The highest BCUT2D eigenvalue weighted by molar-refractivity contribution is 7.89.